The number of anilines is 2. The van der Waals surface area contributed by atoms with Gasteiger partial charge in [0.2, 0.25) is 0 Å². The third-order valence-corrected chi connectivity index (χ3v) is 7.98. The Morgan fingerprint density at radius 2 is 1.67 bits per heavy atom. The van der Waals surface area contributed by atoms with E-state index in [4.69, 9.17) is 26.7 Å². The Morgan fingerprint density at radius 1 is 0.881 bits per heavy atom. The van der Waals surface area contributed by atoms with E-state index in [0.29, 0.717) is 22.5 Å². The van der Waals surface area contributed by atoms with Crippen molar-refractivity contribution in [2.75, 3.05) is 10.2 Å². The number of nitrogens with one attached hydrogen (secondary N) is 1. The van der Waals surface area contributed by atoms with Crippen molar-refractivity contribution in [3.8, 4) is 5.82 Å². The number of aryl methyl sites for hydroxylation is 2. The van der Waals surface area contributed by atoms with Crippen molar-refractivity contribution in [3.63, 3.8) is 0 Å². The molecule has 208 valence electrons. The second-order valence-corrected chi connectivity index (χ2v) is 11.0. The Kier molecular flexibility index (Phi) is 6.80. The van der Waals surface area contributed by atoms with Crippen molar-refractivity contribution >= 4 is 46.2 Å². The minimum absolute atomic E-state index is 0.216. The highest BCUT2D eigenvalue weighted by Crippen LogP contribution is 2.48. The molecule has 0 saturated heterocycles. The minimum atomic E-state index is -0.216. The van der Waals surface area contributed by atoms with Crippen LogP contribution in [0.3, 0.4) is 0 Å². The van der Waals surface area contributed by atoms with Gasteiger partial charge in [0.25, 0.3) is 0 Å². The molecule has 1 N–H and O–H groups in total. The topological polar surface area (TPSA) is 70.7 Å². The van der Waals surface area contributed by atoms with E-state index in [1.54, 1.807) is 6.20 Å². The molecule has 8 heteroatoms. The molecule has 0 unspecified atom stereocenters. The molecule has 0 radical (unpaired) electrons. The first-order chi connectivity index (χ1) is 20.6. The van der Waals surface area contributed by atoms with Crippen LogP contribution in [0.25, 0.3) is 5.82 Å². The summed E-state index contributed by atoms with van der Waals surface area (Å²) < 4.78 is 1.83. The van der Waals surface area contributed by atoms with Crippen molar-refractivity contribution < 1.29 is 0 Å². The first kappa shape index (κ1) is 26.2. The van der Waals surface area contributed by atoms with E-state index in [9.17, 15) is 0 Å². The number of hydrogen-bond donors (Lipinski definition) is 1. The predicted molar refractivity (Wildman–Crippen MR) is 171 cm³/mol. The smallest absolute Gasteiger partial charge is 0.179 e. The largest absolute Gasteiger partial charge is 0.337 e. The number of amidine groups is 2. The molecule has 7 rings (SSSR count). The van der Waals surface area contributed by atoms with Gasteiger partial charge in [0.05, 0.1) is 23.1 Å². The molecule has 7 nitrogen and oxygen atoms in total. The van der Waals surface area contributed by atoms with Crippen LogP contribution in [0.1, 0.15) is 48.2 Å². The van der Waals surface area contributed by atoms with Crippen LogP contribution in [0.4, 0.5) is 22.9 Å². The van der Waals surface area contributed by atoms with Crippen LogP contribution in [0.15, 0.2) is 107 Å². The van der Waals surface area contributed by atoms with Gasteiger partial charge in [0.15, 0.2) is 23.3 Å². The molecule has 2 aromatic heterocycles. The molecule has 0 amide bonds. The van der Waals surface area contributed by atoms with Crippen LogP contribution in [0.5, 0.6) is 0 Å². The maximum atomic E-state index is 6.35. The van der Waals surface area contributed by atoms with E-state index < -0.39 is 0 Å². The number of halogens is 1. The number of rotatable bonds is 6. The third-order valence-electron chi connectivity index (χ3n) is 7.73. The molecule has 4 heterocycles. The van der Waals surface area contributed by atoms with Gasteiger partial charge in [0, 0.05) is 22.5 Å². The van der Waals surface area contributed by atoms with Gasteiger partial charge in [-0.25, -0.2) is 15.0 Å². The van der Waals surface area contributed by atoms with Crippen molar-refractivity contribution in [1.29, 1.82) is 0 Å². The summed E-state index contributed by atoms with van der Waals surface area (Å²) in [5.41, 5.74) is 7.12. The fraction of sp³-hybridized carbons (Fsp3) is 0.176. The number of pyridine rings is 1. The number of hydrogen-bond acceptors (Lipinski definition) is 6. The van der Waals surface area contributed by atoms with Crippen LogP contribution in [-0.2, 0) is 6.42 Å². The highest BCUT2D eigenvalue weighted by atomic mass is 35.5. The predicted octanol–water partition coefficient (Wildman–Crippen LogP) is 8.37. The summed E-state index contributed by atoms with van der Waals surface area (Å²) in [4.78, 5) is 17.2. The van der Waals surface area contributed by atoms with E-state index >= 15 is 0 Å². The minimum Gasteiger partial charge on any atom is -0.337 e. The SMILES string of the molecule is CCCCc1ccc(NC2=Nc3ccccc3N3C2=Nc2c(c(C)nn2-c2ccccn2)[C@H]3c2ccc(Cl)cc2)cc1. The second kappa shape index (κ2) is 10.9. The summed E-state index contributed by atoms with van der Waals surface area (Å²) in [5, 5.41) is 9.23. The van der Waals surface area contributed by atoms with Crippen molar-refractivity contribution in [1.82, 2.24) is 14.8 Å². The summed E-state index contributed by atoms with van der Waals surface area (Å²) in [6.45, 7) is 4.25. The molecule has 2 aliphatic heterocycles. The lowest BCUT2D eigenvalue weighted by Gasteiger charge is -2.40. The highest BCUT2D eigenvalue weighted by Gasteiger charge is 2.41. The fourth-order valence-corrected chi connectivity index (χ4v) is 5.80. The molecular weight excluding hydrogens is 542 g/mol. The molecule has 42 heavy (non-hydrogen) atoms. The normalized spacial score (nSPS) is 15.3. The summed E-state index contributed by atoms with van der Waals surface area (Å²) in [5.74, 6) is 2.83. The Labute approximate surface area is 250 Å². The highest BCUT2D eigenvalue weighted by molar-refractivity contribution is 6.51. The Hall–Kier alpha value is -4.75. The monoisotopic (exact) mass is 571 g/mol. The molecule has 0 aliphatic carbocycles. The van der Waals surface area contributed by atoms with E-state index in [1.807, 2.05) is 60.1 Å². The zero-order valence-corrected chi connectivity index (χ0v) is 24.3. The fourth-order valence-electron chi connectivity index (χ4n) is 5.67. The number of nitrogens with zero attached hydrogens (tertiary/aromatic N) is 6. The third kappa shape index (κ3) is 4.65. The van der Waals surface area contributed by atoms with Crippen LogP contribution >= 0.6 is 11.6 Å². The lowest BCUT2D eigenvalue weighted by atomic mass is 9.93. The van der Waals surface area contributed by atoms with Crippen LogP contribution < -0.4 is 10.2 Å². The second-order valence-electron chi connectivity index (χ2n) is 10.6. The zero-order valence-electron chi connectivity index (χ0n) is 23.5. The van der Waals surface area contributed by atoms with E-state index in [2.05, 4.69) is 64.6 Å². The number of para-hydroxylation sites is 2. The number of aliphatic imine (C=N–C) groups is 2. The van der Waals surface area contributed by atoms with Crippen LogP contribution in [-0.4, -0.2) is 26.4 Å². The molecule has 3 aromatic carbocycles. The summed E-state index contributed by atoms with van der Waals surface area (Å²) >= 11 is 6.35. The van der Waals surface area contributed by atoms with E-state index in [0.717, 1.165) is 46.1 Å². The lowest BCUT2D eigenvalue weighted by Crippen LogP contribution is -2.46. The van der Waals surface area contributed by atoms with Gasteiger partial charge in [-0.1, -0.05) is 67.4 Å². The Balaban J connectivity index is 1.41. The van der Waals surface area contributed by atoms with Gasteiger partial charge in [-0.05, 0) is 79.4 Å². The first-order valence-corrected chi connectivity index (χ1v) is 14.7. The van der Waals surface area contributed by atoms with Gasteiger partial charge >= 0.3 is 0 Å². The van der Waals surface area contributed by atoms with E-state index in [-0.39, 0.29) is 6.04 Å². The van der Waals surface area contributed by atoms with Gasteiger partial charge < -0.3 is 10.2 Å². The molecule has 0 saturated carbocycles. The average molecular weight is 572 g/mol. The number of fused-ring (bicyclic) bond motifs is 4. The molecule has 1 atom stereocenters. The average Bonchev–Trinajstić information content (AvgIpc) is 3.36. The molecular formula is C34H30ClN7. The number of aromatic nitrogens is 3. The number of unbranched alkanes of at least 4 members (excludes halogenated alkanes) is 1. The summed E-state index contributed by atoms with van der Waals surface area (Å²) in [6.07, 6.45) is 5.21. The van der Waals surface area contributed by atoms with E-state index in [1.165, 1.54) is 18.4 Å². The van der Waals surface area contributed by atoms with Crippen molar-refractivity contribution in [2.45, 2.75) is 39.2 Å². The first-order valence-electron chi connectivity index (χ1n) is 14.3. The zero-order chi connectivity index (χ0) is 28.6. The van der Waals surface area contributed by atoms with Crippen molar-refractivity contribution in [2.24, 2.45) is 9.98 Å². The van der Waals surface area contributed by atoms with Gasteiger partial charge in [-0.2, -0.15) is 9.78 Å². The summed E-state index contributed by atoms with van der Waals surface area (Å²) in [7, 11) is 0. The number of benzene rings is 3. The quantitative estimate of drug-likeness (QED) is 0.222. The van der Waals surface area contributed by atoms with Gasteiger partial charge in [0.1, 0.15) is 0 Å². The molecule has 0 bridgehead atoms. The standard InChI is InChI=1S/C34H30ClN7/c1-3-4-9-23-13-19-26(20-14-23)37-32-34-39-33-30(22(2)40-42(33)29-12-7-8-21-36-29)31(24-15-17-25(35)18-16-24)41(34)28-11-6-5-10-27(28)38-32/h5-8,10-21,31H,3-4,9H2,1-2H3,(H,37,38)/t31-/m1/s1. The van der Waals surface area contributed by atoms with Crippen LogP contribution in [0.2, 0.25) is 5.02 Å². The maximum absolute atomic E-state index is 6.35. The lowest BCUT2D eigenvalue weighted by molar-refractivity contribution is 0.795. The Bertz CT molecular complexity index is 1810. The molecule has 0 spiro atoms. The molecule has 5 aromatic rings. The molecule has 0 fully saturated rings. The van der Waals surface area contributed by atoms with Crippen molar-refractivity contribution in [3.05, 3.63) is 125 Å². The summed E-state index contributed by atoms with van der Waals surface area (Å²) in [6, 6.07) is 30.4. The van der Waals surface area contributed by atoms with Gasteiger partial charge in [-0.3, -0.25) is 0 Å². The molecule has 2 aliphatic rings. The van der Waals surface area contributed by atoms with Gasteiger partial charge in [-0.15, -0.1) is 0 Å². The maximum Gasteiger partial charge on any atom is 0.179 e. The van der Waals surface area contributed by atoms with Crippen LogP contribution in [0, 0.1) is 6.92 Å². The Morgan fingerprint density at radius 3 is 2.43 bits per heavy atom.